The Morgan fingerprint density at radius 3 is 2.79 bits per heavy atom. The van der Waals surface area contributed by atoms with Crippen molar-refractivity contribution in [2.24, 2.45) is 11.3 Å². The van der Waals surface area contributed by atoms with Crippen LogP contribution in [0.25, 0.3) is 0 Å². The molecule has 8 heteroatoms. The summed E-state index contributed by atoms with van der Waals surface area (Å²) in [5, 5.41) is 23.0. The summed E-state index contributed by atoms with van der Waals surface area (Å²) in [4.78, 5) is 22.5. The zero-order chi connectivity index (χ0) is 20.4. The minimum absolute atomic E-state index is 0.0845. The third-order valence-electron chi connectivity index (χ3n) is 6.20. The molecule has 1 aliphatic heterocycles. The van der Waals surface area contributed by atoms with Gasteiger partial charge in [0.15, 0.2) is 5.82 Å². The van der Waals surface area contributed by atoms with E-state index in [2.05, 4.69) is 27.4 Å². The van der Waals surface area contributed by atoms with Gasteiger partial charge in [0.2, 0.25) is 5.91 Å². The molecule has 2 heterocycles. The lowest BCUT2D eigenvalue weighted by Gasteiger charge is -2.19. The fourth-order valence-electron chi connectivity index (χ4n) is 4.85. The van der Waals surface area contributed by atoms with E-state index in [1.165, 1.54) is 0 Å². The number of anilines is 1. The Labute approximate surface area is 169 Å². The standard InChI is InChI=1S/C21H26N4O4/c1-29-20-19(22-8-9-23-20)25-12-16(27)21(13-25)15(11-24-17(28)7-10-26)18(21)14-5-3-2-4-6-14/h2-6,8-9,15-16,18,26-27H,7,10-13H2,1H3,(H,24,28)/t15-,16+,18-,21-/m1/s1. The predicted octanol–water partition coefficient (Wildman–Crippen LogP) is 0.565. The molecule has 1 saturated heterocycles. The molecule has 1 spiro atoms. The van der Waals surface area contributed by atoms with E-state index >= 15 is 0 Å². The van der Waals surface area contributed by atoms with Gasteiger partial charge in [0.1, 0.15) is 0 Å². The molecule has 0 radical (unpaired) electrons. The van der Waals surface area contributed by atoms with Crippen molar-refractivity contribution in [2.45, 2.75) is 18.4 Å². The summed E-state index contributed by atoms with van der Waals surface area (Å²) in [6.07, 6.45) is 2.71. The fourth-order valence-corrected chi connectivity index (χ4v) is 4.85. The molecule has 0 unspecified atom stereocenters. The van der Waals surface area contributed by atoms with Crippen molar-refractivity contribution in [3.8, 4) is 5.88 Å². The maximum Gasteiger partial charge on any atom is 0.257 e. The number of aliphatic hydroxyl groups is 2. The maximum absolute atomic E-state index is 11.9. The van der Waals surface area contributed by atoms with Crippen molar-refractivity contribution in [2.75, 3.05) is 38.3 Å². The smallest absolute Gasteiger partial charge is 0.257 e. The number of amides is 1. The summed E-state index contributed by atoms with van der Waals surface area (Å²) >= 11 is 0. The average Bonchev–Trinajstić information content (AvgIpc) is 3.27. The number of aliphatic hydroxyl groups excluding tert-OH is 2. The number of nitrogens with zero attached hydrogens (tertiary/aromatic N) is 3. The monoisotopic (exact) mass is 398 g/mol. The topological polar surface area (TPSA) is 108 Å². The van der Waals surface area contributed by atoms with Crippen LogP contribution in [-0.2, 0) is 4.79 Å². The molecule has 1 aromatic carbocycles. The molecule has 3 N–H and O–H groups in total. The molecule has 2 aromatic rings. The number of rotatable bonds is 7. The maximum atomic E-state index is 11.9. The van der Waals surface area contributed by atoms with Crippen LogP contribution in [-0.4, -0.2) is 65.5 Å². The van der Waals surface area contributed by atoms with Crippen molar-refractivity contribution in [3.63, 3.8) is 0 Å². The first kappa shape index (κ1) is 19.6. The SMILES string of the molecule is COc1nccnc1N1C[C@H](O)[C@@]2(C1)[C@H](CNC(=O)CCO)[C@H]2c1ccccc1. The van der Waals surface area contributed by atoms with Crippen LogP contribution in [0.2, 0.25) is 0 Å². The Balaban J connectivity index is 1.60. The van der Waals surface area contributed by atoms with E-state index < -0.39 is 6.10 Å². The van der Waals surface area contributed by atoms with E-state index in [-0.39, 0.29) is 36.2 Å². The summed E-state index contributed by atoms with van der Waals surface area (Å²) in [6.45, 7) is 1.32. The third kappa shape index (κ3) is 3.42. The molecule has 1 aliphatic carbocycles. The molecule has 1 amide bonds. The number of hydrogen-bond acceptors (Lipinski definition) is 7. The molecule has 1 saturated carbocycles. The number of methoxy groups -OCH3 is 1. The molecule has 1 aromatic heterocycles. The van der Waals surface area contributed by atoms with Crippen molar-refractivity contribution >= 4 is 11.7 Å². The number of nitrogens with one attached hydrogen (secondary N) is 1. The first-order valence-corrected chi connectivity index (χ1v) is 9.82. The van der Waals surface area contributed by atoms with Gasteiger partial charge >= 0.3 is 0 Å². The zero-order valence-corrected chi connectivity index (χ0v) is 16.4. The lowest BCUT2D eigenvalue weighted by molar-refractivity contribution is -0.121. The molecule has 0 bridgehead atoms. The highest BCUT2D eigenvalue weighted by molar-refractivity contribution is 5.76. The van der Waals surface area contributed by atoms with E-state index in [1.807, 2.05) is 23.1 Å². The van der Waals surface area contributed by atoms with Crippen molar-refractivity contribution in [1.29, 1.82) is 0 Å². The van der Waals surface area contributed by atoms with E-state index in [0.717, 1.165) is 5.56 Å². The van der Waals surface area contributed by atoms with Crippen LogP contribution in [0.4, 0.5) is 5.82 Å². The van der Waals surface area contributed by atoms with Gasteiger partial charge in [-0.25, -0.2) is 9.97 Å². The van der Waals surface area contributed by atoms with Crippen molar-refractivity contribution in [3.05, 3.63) is 48.3 Å². The molecular formula is C21H26N4O4. The van der Waals surface area contributed by atoms with Gasteiger partial charge in [-0.1, -0.05) is 30.3 Å². The highest BCUT2D eigenvalue weighted by Gasteiger charge is 2.71. The molecule has 2 fully saturated rings. The normalized spacial score (nSPS) is 27.8. The first-order valence-electron chi connectivity index (χ1n) is 9.82. The molecule has 2 aliphatic rings. The molecule has 8 nitrogen and oxygen atoms in total. The second-order valence-electron chi connectivity index (χ2n) is 7.67. The van der Waals surface area contributed by atoms with Gasteiger partial charge in [0.05, 0.1) is 19.8 Å². The van der Waals surface area contributed by atoms with Gasteiger partial charge < -0.3 is 25.2 Å². The Hall–Kier alpha value is -2.71. The van der Waals surface area contributed by atoms with Crippen molar-refractivity contribution in [1.82, 2.24) is 15.3 Å². The Kier molecular flexibility index (Phi) is 5.38. The number of hydrogen-bond donors (Lipinski definition) is 3. The second-order valence-corrected chi connectivity index (χ2v) is 7.67. The highest BCUT2D eigenvalue weighted by Crippen LogP contribution is 2.69. The number of ether oxygens (including phenoxy) is 1. The van der Waals surface area contributed by atoms with Gasteiger partial charge in [0.25, 0.3) is 5.88 Å². The number of benzene rings is 1. The van der Waals surface area contributed by atoms with Crippen LogP contribution in [0.3, 0.4) is 0 Å². The Bertz CT molecular complexity index is 865. The number of β-amino-alcohol motifs (C(OH)–C–C–N with tert-alkyl or cyclic N) is 1. The van der Waals surface area contributed by atoms with Gasteiger partial charge in [-0.2, -0.15) is 0 Å². The van der Waals surface area contributed by atoms with E-state index in [4.69, 9.17) is 9.84 Å². The van der Waals surface area contributed by atoms with Gasteiger partial charge in [-0.05, 0) is 17.4 Å². The Morgan fingerprint density at radius 1 is 1.31 bits per heavy atom. The highest BCUT2D eigenvalue weighted by atomic mass is 16.5. The van der Waals surface area contributed by atoms with E-state index in [1.54, 1.807) is 19.5 Å². The number of carbonyl (C=O) groups excluding carboxylic acids is 1. The molecule has 154 valence electrons. The summed E-state index contributed by atoms with van der Waals surface area (Å²) in [6, 6.07) is 10.1. The van der Waals surface area contributed by atoms with Crippen LogP contribution in [0.5, 0.6) is 5.88 Å². The fraction of sp³-hybridized carbons (Fsp3) is 0.476. The van der Waals surface area contributed by atoms with Crippen LogP contribution >= 0.6 is 0 Å². The predicted molar refractivity (Wildman–Crippen MR) is 107 cm³/mol. The average molecular weight is 398 g/mol. The van der Waals surface area contributed by atoms with Crippen LogP contribution < -0.4 is 15.0 Å². The van der Waals surface area contributed by atoms with Crippen molar-refractivity contribution < 1.29 is 19.7 Å². The van der Waals surface area contributed by atoms with Crippen LogP contribution in [0.1, 0.15) is 17.9 Å². The van der Waals surface area contributed by atoms with Crippen LogP contribution in [0.15, 0.2) is 42.7 Å². The third-order valence-corrected chi connectivity index (χ3v) is 6.20. The zero-order valence-electron chi connectivity index (χ0n) is 16.4. The van der Waals surface area contributed by atoms with Gasteiger partial charge in [-0.15, -0.1) is 0 Å². The summed E-state index contributed by atoms with van der Waals surface area (Å²) in [5.74, 6) is 1.09. The lowest BCUT2D eigenvalue weighted by atomic mass is 9.95. The van der Waals surface area contributed by atoms with E-state index in [0.29, 0.717) is 31.3 Å². The minimum Gasteiger partial charge on any atom is -0.478 e. The number of aromatic nitrogens is 2. The summed E-state index contributed by atoms with van der Waals surface area (Å²) in [7, 11) is 1.55. The molecule has 4 atom stereocenters. The van der Waals surface area contributed by atoms with Crippen LogP contribution in [0, 0.1) is 11.3 Å². The van der Waals surface area contributed by atoms with E-state index in [9.17, 15) is 9.90 Å². The molecular weight excluding hydrogens is 372 g/mol. The van der Waals surface area contributed by atoms with Gasteiger partial charge in [0, 0.05) is 43.9 Å². The molecule has 29 heavy (non-hydrogen) atoms. The number of carbonyl (C=O) groups is 1. The Morgan fingerprint density at radius 2 is 2.07 bits per heavy atom. The second kappa shape index (κ2) is 7.96. The van der Waals surface area contributed by atoms with Gasteiger partial charge in [-0.3, -0.25) is 4.79 Å². The first-order chi connectivity index (χ1) is 14.1. The summed E-state index contributed by atoms with van der Waals surface area (Å²) in [5.41, 5.74) is 0.775. The quantitative estimate of drug-likeness (QED) is 0.626. The lowest BCUT2D eigenvalue weighted by Crippen LogP contribution is -2.30. The largest absolute Gasteiger partial charge is 0.478 e. The minimum atomic E-state index is -0.570. The summed E-state index contributed by atoms with van der Waals surface area (Å²) < 4.78 is 5.35. The molecule has 4 rings (SSSR count).